The van der Waals surface area contributed by atoms with E-state index in [1.165, 1.54) is 28.4 Å². The van der Waals surface area contributed by atoms with Gasteiger partial charge in [0.25, 0.3) is 5.91 Å². The average molecular weight is 636 g/mol. The van der Waals surface area contributed by atoms with Gasteiger partial charge in [-0.05, 0) is 92.1 Å². The summed E-state index contributed by atoms with van der Waals surface area (Å²) in [6.45, 7) is 10.3. The number of aromatic nitrogens is 2. The summed E-state index contributed by atoms with van der Waals surface area (Å²) in [6.07, 6.45) is 0.262. The van der Waals surface area contributed by atoms with E-state index in [0.29, 0.717) is 36.8 Å². The molecular formula is C34H36F3N5O2S. The molecule has 7 rings (SSSR count). The zero-order valence-electron chi connectivity index (χ0n) is 25.4. The Morgan fingerprint density at radius 3 is 2.62 bits per heavy atom. The molecule has 7 nitrogen and oxygen atoms in total. The molecule has 0 radical (unpaired) electrons. The van der Waals surface area contributed by atoms with Crippen LogP contribution in [0.4, 0.5) is 18.9 Å². The van der Waals surface area contributed by atoms with Crippen molar-refractivity contribution in [3.8, 4) is 0 Å². The highest BCUT2D eigenvalue weighted by Crippen LogP contribution is 2.53. The summed E-state index contributed by atoms with van der Waals surface area (Å²) in [5.74, 6) is 0.0108. The highest BCUT2D eigenvalue weighted by Gasteiger charge is 2.49. The number of likely N-dealkylation sites (tertiary alicyclic amines) is 2. The van der Waals surface area contributed by atoms with Crippen molar-refractivity contribution in [2.24, 2.45) is 11.3 Å². The van der Waals surface area contributed by atoms with Gasteiger partial charge in [-0.1, -0.05) is 25.6 Å². The number of hydrogen-bond acceptors (Lipinski definition) is 6. The fourth-order valence-corrected chi connectivity index (χ4v) is 9.05. The highest BCUT2D eigenvalue weighted by molar-refractivity contribution is 7.09. The van der Waals surface area contributed by atoms with E-state index in [9.17, 15) is 22.8 Å². The Hall–Kier alpha value is -3.57. The van der Waals surface area contributed by atoms with Gasteiger partial charge >= 0.3 is 6.18 Å². The van der Waals surface area contributed by atoms with Crippen molar-refractivity contribution in [2.45, 2.75) is 63.7 Å². The fourth-order valence-electron chi connectivity index (χ4n) is 8.25. The summed E-state index contributed by atoms with van der Waals surface area (Å²) in [7, 11) is 0. The standard InChI is InChI=1S/C34H36F3N5O2S/c1-4-29(43)41-11-9-32(19-41)8-10-40(18-32)22(3)23-12-26-27(28(13-23)34(35,36)37)17-42(30(26)44)25-7-5-6-24(14-25)33(15-21(2)16-33)31-39-38-20-45-31/h4-7,12-14,20-22H,1,8-11,15-19H2,2-3H3/t21?,22-,32-,33?/m0/s1. The summed E-state index contributed by atoms with van der Waals surface area (Å²) in [4.78, 5) is 31.6. The topological polar surface area (TPSA) is 69.6 Å². The Balaban J connectivity index is 1.17. The van der Waals surface area contributed by atoms with Crippen LogP contribution in [-0.2, 0) is 22.9 Å². The molecule has 236 valence electrons. The molecular weight excluding hydrogens is 599 g/mol. The van der Waals surface area contributed by atoms with Crippen molar-refractivity contribution in [2.75, 3.05) is 31.1 Å². The summed E-state index contributed by atoms with van der Waals surface area (Å²) in [5.41, 5.74) is 2.82. The normalized spacial score (nSPS) is 27.2. The lowest BCUT2D eigenvalue weighted by molar-refractivity contribution is -0.138. The van der Waals surface area contributed by atoms with E-state index in [2.05, 4.69) is 28.6 Å². The van der Waals surface area contributed by atoms with Gasteiger partial charge in [-0.3, -0.25) is 14.5 Å². The van der Waals surface area contributed by atoms with E-state index in [1.54, 1.807) is 17.6 Å². The molecule has 4 heterocycles. The van der Waals surface area contributed by atoms with Gasteiger partial charge in [-0.25, -0.2) is 0 Å². The molecule has 1 saturated carbocycles. The molecule has 3 aromatic rings. The maximum Gasteiger partial charge on any atom is 0.416 e. The maximum atomic E-state index is 14.6. The Morgan fingerprint density at radius 1 is 1.16 bits per heavy atom. The number of fused-ring (bicyclic) bond motifs is 1. The van der Waals surface area contributed by atoms with Crippen LogP contribution in [-0.4, -0.2) is 58.0 Å². The first-order chi connectivity index (χ1) is 21.4. The predicted octanol–water partition coefficient (Wildman–Crippen LogP) is 6.60. The maximum absolute atomic E-state index is 14.6. The highest BCUT2D eigenvalue weighted by atomic mass is 32.1. The number of amides is 2. The minimum absolute atomic E-state index is 0.0252. The van der Waals surface area contributed by atoms with Crippen molar-refractivity contribution >= 4 is 28.8 Å². The second kappa shape index (κ2) is 10.8. The largest absolute Gasteiger partial charge is 0.416 e. The molecule has 0 bridgehead atoms. The third-order valence-electron chi connectivity index (χ3n) is 10.7. The van der Waals surface area contributed by atoms with Crippen LogP contribution < -0.4 is 4.90 Å². The molecule has 2 saturated heterocycles. The van der Waals surface area contributed by atoms with E-state index < -0.39 is 17.6 Å². The van der Waals surface area contributed by atoms with Crippen LogP contribution in [0.1, 0.15) is 83.2 Å². The zero-order chi connectivity index (χ0) is 31.7. The lowest BCUT2D eigenvalue weighted by Crippen LogP contribution is -2.41. The van der Waals surface area contributed by atoms with Crippen molar-refractivity contribution < 1.29 is 22.8 Å². The first kappa shape index (κ1) is 30.1. The van der Waals surface area contributed by atoms with Crippen LogP contribution >= 0.6 is 11.3 Å². The number of carbonyl (C=O) groups excluding carboxylic acids is 2. The van der Waals surface area contributed by atoms with Crippen molar-refractivity contribution in [3.05, 3.63) is 87.4 Å². The van der Waals surface area contributed by atoms with E-state index >= 15 is 0 Å². The van der Waals surface area contributed by atoms with E-state index in [0.717, 1.165) is 42.8 Å². The lowest BCUT2D eigenvalue weighted by atomic mass is 9.59. The molecule has 45 heavy (non-hydrogen) atoms. The van der Waals surface area contributed by atoms with E-state index in [1.807, 2.05) is 30.0 Å². The number of hydrogen-bond donors (Lipinski definition) is 0. The Kier molecular flexibility index (Phi) is 7.20. The van der Waals surface area contributed by atoms with Crippen molar-refractivity contribution in [1.29, 1.82) is 0 Å². The molecule has 0 unspecified atom stereocenters. The number of anilines is 1. The quantitative estimate of drug-likeness (QED) is 0.286. The third-order valence-corrected chi connectivity index (χ3v) is 11.6. The molecule has 1 aliphatic carbocycles. The molecule has 1 spiro atoms. The molecule has 2 aromatic carbocycles. The number of alkyl halides is 3. The van der Waals surface area contributed by atoms with Crippen molar-refractivity contribution in [1.82, 2.24) is 20.0 Å². The fraction of sp³-hybridized carbons (Fsp3) is 0.471. The Labute approximate surface area is 264 Å². The lowest BCUT2D eigenvalue weighted by Gasteiger charge is -2.45. The number of halogens is 3. The molecule has 0 N–H and O–H groups in total. The van der Waals surface area contributed by atoms with Crippen molar-refractivity contribution in [3.63, 3.8) is 0 Å². The van der Waals surface area contributed by atoms with E-state index in [4.69, 9.17) is 0 Å². The number of rotatable bonds is 6. The van der Waals surface area contributed by atoms with Crippen LogP contribution in [0.3, 0.4) is 0 Å². The zero-order valence-corrected chi connectivity index (χ0v) is 26.3. The van der Waals surface area contributed by atoms with Gasteiger partial charge in [0, 0.05) is 47.8 Å². The van der Waals surface area contributed by atoms with Crippen LogP contribution in [0.15, 0.2) is 54.6 Å². The van der Waals surface area contributed by atoms with Gasteiger partial charge in [-0.15, -0.1) is 21.5 Å². The first-order valence-corrected chi connectivity index (χ1v) is 16.4. The molecule has 3 aliphatic heterocycles. The number of benzene rings is 2. The second-order valence-corrected chi connectivity index (χ2v) is 14.3. The summed E-state index contributed by atoms with van der Waals surface area (Å²) in [6, 6.07) is 10.2. The van der Waals surface area contributed by atoms with Crippen LogP contribution in [0, 0.1) is 11.3 Å². The summed E-state index contributed by atoms with van der Waals surface area (Å²) in [5, 5.41) is 9.35. The Morgan fingerprint density at radius 2 is 1.93 bits per heavy atom. The Bertz CT molecular complexity index is 1670. The minimum atomic E-state index is -4.61. The van der Waals surface area contributed by atoms with Crippen LogP contribution in [0.2, 0.25) is 0 Å². The second-order valence-electron chi connectivity index (χ2n) is 13.5. The SMILES string of the molecule is C=CC(=O)N1CC[C@]2(CCN([C@@H](C)c3cc4c(c(C(F)(F)F)c3)CN(c3cccc(C5(c6nncs6)CC(C)C5)c3)C4=O)C2)C1. The molecule has 3 fully saturated rings. The average Bonchev–Trinajstić information content (AvgIpc) is 3.82. The number of carbonyl (C=O) groups is 2. The minimum Gasteiger partial charge on any atom is -0.339 e. The molecule has 2 atom stereocenters. The molecule has 2 amide bonds. The summed E-state index contributed by atoms with van der Waals surface area (Å²) < 4.78 is 43.7. The van der Waals surface area contributed by atoms with Gasteiger partial charge in [0.2, 0.25) is 5.91 Å². The van der Waals surface area contributed by atoms with E-state index in [-0.39, 0.29) is 40.5 Å². The smallest absolute Gasteiger partial charge is 0.339 e. The monoisotopic (exact) mass is 635 g/mol. The third kappa shape index (κ3) is 4.99. The van der Waals surface area contributed by atoms with Crippen LogP contribution in [0.5, 0.6) is 0 Å². The molecule has 4 aliphatic rings. The van der Waals surface area contributed by atoms with Gasteiger partial charge in [0.15, 0.2) is 0 Å². The van der Waals surface area contributed by atoms with Crippen LogP contribution in [0.25, 0.3) is 0 Å². The predicted molar refractivity (Wildman–Crippen MR) is 166 cm³/mol. The first-order valence-electron chi connectivity index (χ1n) is 15.5. The van der Waals surface area contributed by atoms with Gasteiger partial charge in [0.05, 0.1) is 12.1 Å². The molecule has 1 aromatic heterocycles. The van der Waals surface area contributed by atoms with Gasteiger partial charge in [-0.2, -0.15) is 13.2 Å². The number of nitrogens with zero attached hydrogens (tertiary/aromatic N) is 5. The van der Waals surface area contributed by atoms with Gasteiger partial charge < -0.3 is 9.80 Å². The van der Waals surface area contributed by atoms with Gasteiger partial charge in [0.1, 0.15) is 10.5 Å². The summed E-state index contributed by atoms with van der Waals surface area (Å²) >= 11 is 1.51. The molecule has 11 heteroatoms.